The van der Waals surface area contributed by atoms with Crippen molar-refractivity contribution >= 4 is 28.9 Å². The maximum Gasteiger partial charge on any atom is 0.349 e. The molecule has 0 aromatic heterocycles. The highest BCUT2D eigenvalue weighted by Gasteiger charge is 2.33. The predicted octanol–water partition coefficient (Wildman–Crippen LogP) is 10.2. The predicted molar refractivity (Wildman–Crippen MR) is 158 cm³/mol. The third kappa shape index (κ3) is 6.94. The van der Waals surface area contributed by atoms with E-state index in [0.717, 1.165) is 35.5 Å². The van der Waals surface area contributed by atoms with Crippen LogP contribution >= 0.6 is 17.1 Å². The van der Waals surface area contributed by atoms with Crippen LogP contribution in [0, 0.1) is 0 Å². The Labute approximate surface area is 221 Å². The van der Waals surface area contributed by atoms with E-state index in [1.165, 1.54) is 5.56 Å². The highest BCUT2D eigenvalue weighted by molar-refractivity contribution is 8.68. The summed E-state index contributed by atoms with van der Waals surface area (Å²) in [5, 5.41) is 0.125. The lowest BCUT2D eigenvalue weighted by molar-refractivity contribution is 0.447. The van der Waals surface area contributed by atoms with E-state index in [4.69, 9.17) is 20.9 Å². The minimum Gasteiger partial charge on any atom is -0.428 e. The van der Waals surface area contributed by atoms with E-state index < -0.39 is 5.69 Å². The Balaban J connectivity index is 2.06. The van der Waals surface area contributed by atoms with E-state index in [0.29, 0.717) is 0 Å². The number of hydrogen-bond acceptors (Lipinski definition) is 4. The van der Waals surface area contributed by atoms with Crippen molar-refractivity contribution in [2.24, 2.45) is 0 Å². The fourth-order valence-corrected chi connectivity index (χ4v) is 9.37. The first kappa shape index (κ1) is 27.8. The first-order valence-electron chi connectivity index (χ1n) is 12.4. The molecule has 0 aliphatic rings. The van der Waals surface area contributed by atoms with Gasteiger partial charge < -0.3 is 9.05 Å². The van der Waals surface area contributed by atoms with Crippen molar-refractivity contribution in [3.05, 3.63) is 95.6 Å². The molecule has 0 spiro atoms. The van der Waals surface area contributed by atoms with Crippen LogP contribution in [0.1, 0.15) is 83.2 Å². The maximum absolute atomic E-state index is 6.79. The summed E-state index contributed by atoms with van der Waals surface area (Å²) in [5.74, 6) is 1.64. The summed E-state index contributed by atoms with van der Waals surface area (Å²) in [6.07, 6.45) is 2.00. The van der Waals surface area contributed by atoms with E-state index in [-0.39, 0.29) is 16.1 Å². The lowest BCUT2D eigenvalue weighted by atomic mass is 9.82. The molecular formula is C30H39O2PS2. The molecule has 0 fully saturated rings. The van der Waals surface area contributed by atoms with Gasteiger partial charge in [-0.05, 0) is 71.5 Å². The Kier molecular flexibility index (Phi) is 9.18. The molecule has 0 N–H and O–H groups in total. The summed E-state index contributed by atoms with van der Waals surface area (Å²) in [4.78, 5) is 0. The van der Waals surface area contributed by atoms with Gasteiger partial charge in [-0.2, -0.15) is 0 Å². The van der Waals surface area contributed by atoms with Crippen LogP contribution in [0.3, 0.4) is 0 Å². The Morgan fingerprint density at radius 1 is 0.714 bits per heavy atom. The summed E-state index contributed by atoms with van der Waals surface area (Å²) in [6.45, 7) is 15.6. The van der Waals surface area contributed by atoms with Crippen LogP contribution in [0.25, 0.3) is 0 Å². The van der Waals surface area contributed by atoms with Crippen LogP contribution in [0.5, 0.6) is 11.5 Å². The van der Waals surface area contributed by atoms with E-state index in [9.17, 15) is 0 Å². The van der Waals surface area contributed by atoms with Crippen molar-refractivity contribution < 1.29 is 9.05 Å². The van der Waals surface area contributed by atoms with Gasteiger partial charge in [-0.3, -0.25) is 0 Å². The Morgan fingerprint density at radius 3 is 1.54 bits per heavy atom. The monoisotopic (exact) mass is 526 g/mol. The highest BCUT2D eigenvalue weighted by Crippen LogP contribution is 2.66. The molecule has 1 atom stereocenters. The van der Waals surface area contributed by atoms with Gasteiger partial charge in [-0.1, -0.05) is 108 Å². The van der Waals surface area contributed by atoms with Crippen LogP contribution in [-0.2, 0) is 22.6 Å². The van der Waals surface area contributed by atoms with Crippen molar-refractivity contribution in [3.63, 3.8) is 0 Å². The smallest absolute Gasteiger partial charge is 0.349 e. The second-order valence-corrected chi connectivity index (χ2v) is 16.6. The Hall–Kier alpha value is -1.74. The Morgan fingerprint density at radius 2 is 1.11 bits per heavy atom. The van der Waals surface area contributed by atoms with E-state index >= 15 is 0 Å². The molecule has 0 heterocycles. The summed E-state index contributed by atoms with van der Waals surface area (Å²) in [6, 6.07) is 27.0. The molecular weight excluding hydrogens is 487 g/mol. The highest BCUT2D eigenvalue weighted by atomic mass is 32.9. The van der Waals surface area contributed by atoms with Gasteiger partial charge in [-0.15, -0.1) is 0 Å². The number of benzene rings is 3. The molecule has 0 amide bonds. The summed E-state index contributed by atoms with van der Waals surface area (Å²) in [7, 11) is 0. The molecule has 188 valence electrons. The molecule has 0 bridgehead atoms. The minimum atomic E-state index is -2.85. The van der Waals surface area contributed by atoms with Crippen molar-refractivity contribution in [1.29, 1.82) is 0 Å². The summed E-state index contributed by atoms with van der Waals surface area (Å²) in [5.41, 5.74) is 0.621. The third-order valence-corrected chi connectivity index (χ3v) is 12.1. The molecule has 0 saturated heterocycles. The van der Waals surface area contributed by atoms with Gasteiger partial charge in [-0.25, -0.2) is 0 Å². The summed E-state index contributed by atoms with van der Waals surface area (Å²) >= 11 is 7.93. The second-order valence-electron chi connectivity index (χ2n) is 10.3. The molecule has 0 aliphatic heterocycles. The third-order valence-electron chi connectivity index (χ3n) is 6.98. The zero-order valence-electron chi connectivity index (χ0n) is 22.1. The fraction of sp³-hybridized carbons (Fsp3) is 0.400. The van der Waals surface area contributed by atoms with Gasteiger partial charge in [0.25, 0.3) is 0 Å². The van der Waals surface area contributed by atoms with Gasteiger partial charge >= 0.3 is 5.69 Å². The largest absolute Gasteiger partial charge is 0.428 e. The lowest BCUT2D eigenvalue weighted by Crippen LogP contribution is -2.18. The van der Waals surface area contributed by atoms with E-state index in [1.54, 1.807) is 11.4 Å². The quantitative estimate of drug-likeness (QED) is 0.231. The van der Waals surface area contributed by atoms with Crippen molar-refractivity contribution in [2.75, 3.05) is 0 Å². The van der Waals surface area contributed by atoms with Gasteiger partial charge in [0.2, 0.25) is 0 Å². The first-order valence-corrected chi connectivity index (χ1v) is 16.5. The van der Waals surface area contributed by atoms with Crippen LogP contribution in [0.4, 0.5) is 0 Å². The molecule has 3 rings (SSSR count). The number of para-hydroxylation sites is 2. The SMILES string of the molecule is CCC(C)(C)c1ccccc1OP(=S)(Oc1ccccc1C(C)(C)CC)SC(C)c1ccccc1. The van der Waals surface area contributed by atoms with Crippen LogP contribution in [-0.4, -0.2) is 0 Å². The lowest BCUT2D eigenvalue weighted by Gasteiger charge is -2.32. The van der Waals surface area contributed by atoms with Crippen LogP contribution in [0.15, 0.2) is 78.9 Å². The zero-order chi connectivity index (χ0) is 25.7. The fourth-order valence-electron chi connectivity index (χ4n) is 3.87. The molecule has 0 radical (unpaired) electrons. The normalized spacial score (nSPS) is 13.3. The molecule has 35 heavy (non-hydrogen) atoms. The van der Waals surface area contributed by atoms with Crippen LogP contribution in [0.2, 0.25) is 0 Å². The van der Waals surface area contributed by atoms with Crippen LogP contribution < -0.4 is 9.05 Å². The van der Waals surface area contributed by atoms with Crippen molar-refractivity contribution in [3.8, 4) is 11.5 Å². The molecule has 2 nitrogen and oxygen atoms in total. The molecule has 3 aromatic carbocycles. The van der Waals surface area contributed by atoms with Gasteiger partial charge in [0.05, 0.1) is 0 Å². The average Bonchev–Trinajstić information content (AvgIpc) is 2.84. The van der Waals surface area contributed by atoms with E-state index in [1.807, 2.05) is 30.3 Å². The standard InChI is InChI=1S/C30H39O2PS2/c1-8-29(4,5)25-19-13-15-21-27(25)31-33(34,35-23(3)24-17-11-10-12-18-24)32-28-22-16-14-20-26(28)30(6,7)9-2/h10-23H,8-9H2,1-7H3. The first-order chi connectivity index (χ1) is 16.5. The maximum atomic E-state index is 6.79. The zero-order valence-corrected chi connectivity index (χ0v) is 24.6. The van der Waals surface area contributed by atoms with Gasteiger partial charge in [0.15, 0.2) is 0 Å². The van der Waals surface area contributed by atoms with Gasteiger partial charge in [0.1, 0.15) is 11.5 Å². The van der Waals surface area contributed by atoms with Gasteiger partial charge in [0, 0.05) is 16.4 Å². The minimum absolute atomic E-state index is 0.0332. The average molecular weight is 527 g/mol. The topological polar surface area (TPSA) is 18.5 Å². The molecule has 0 aliphatic carbocycles. The Bertz CT molecular complexity index is 1090. The molecule has 0 saturated carbocycles. The second kappa shape index (κ2) is 11.5. The molecule has 1 unspecified atom stereocenters. The number of rotatable bonds is 11. The summed E-state index contributed by atoms with van der Waals surface area (Å²) < 4.78 is 13.6. The van der Waals surface area contributed by atoms with Crippen molar-refractivity contribution in [1.82, 2.24) is 0 Å². The van der Waals surface area contributed by atoms with E-state index in [2.05, 4.69) is 97.0 Å². The number of hydrogen-bond donors (Lipinski definition) is 0. The molecule has 3 aromatic rings. The molecule has 5 heteroatoms. The van der Waals surface area contributed by atoms with Crippen molar-refractivity contribution in [2.45, 2.75) is 77.4 Å².